The molecule has 1 N–H and O–H groups in total. The molecule has 6 nitrogen and oxygen atoms in total. The van der Waals surface area contributed by atoms with Crippen LogP contribution in [-0.4, -0.2) is 38.7 Å². The molecule has 1 saturated heterocycles. The summed E-state index contributed by atoms with van der Waals surface area (Å²) in [5.41, 5.74) is 6.11. The molecular weight excluding hydrogens is 508 g/mol. The number of benzene rings is 2. The zero-order chi connectivity index (χ0) is 26.9. The molecule has 1 fully saturated rings. The average molecular weight is 545 g/mol. The molecule has 2 aliphatic heterocycles. The third kappa shape index (κ3) is 5.12. The molecule has 0 amide bonds. The highest BCUT2D eigenvalue weighted by Crippen LogP contribution is 2.35. The molecule has 0 radical (unpaired) electrons. The normalized spacial score (nSPS) is 16.6. The number of unbranched alkanes of at least 4 members (excludes halogenated alkanes) is 1. The molecule has 2 aliphatic rings. The van der Waals surface area contributed by atoms with E-state index in [4.69, 9.17) is 11.6 Å². The maximum absolute atomic E-state index is 13.6. The number of H-pyrrole nitrogens is 1. The van der Waals surface area contributed by atoms with Crippen LogP contribution in [0, 0.1) is 6.92 Å². The molecule has 0 unspecified atom stereocenters. The second-order valence-electron chi connectivity index (χ2n) is 11.2. The van der Waals surface area contributed by atoms with Gasteiger partial charge in [0, 0.05) is 40.4 Å². The molecule has 0 saturated carbocycles. The SMILES string of the molecule is Cc1[nH]c2ccccc2c1C1CCN(CCCCn2c(=O)c(-c3ccc(Cl)cc3)c3n(c2=O)CCCC3)CC1. The maximum Gasteiger partial charge on any atom is 0.331 e. The van der Waals surface area contributed by atoms with Crippen molar-refractivity contribution in [2.75, 3.05) is 19.6 Å². The van der Waals surface area contributed by atoms with Crippen LogP contribution >= 0.6 is 11.6 Å². The number of hydrogen-bond acceptors (Lipinski definition) is 3. The first-order chi connectivity index (χ1) is 19.0. The number of likely N-dealkylation sites (tertiary alicyclic amines) is 1. The largest absolute Gasteiger partial charge is 0.358 e. The summed E-state index contributed by atoms with van der Waals surface area (Å²) in [5.74, 6) is 0.595. The maximum atomic E-state index is 13.6. The lowest BCUT2D eigenvalue weighted by Crippen LogP contribution is -2.44. The molecule has 7 heteroatoms. The molecule has 0 bridgehead atoms. The van der Waals surface area contributed by atoms with Crippen molar-refractivity contribution in [3.05, 3.63) is 91.3 Å². The molecule has 204 valence electrons. The number of rotatable bonds is 7. The Bertz CT molecular complexity index is 1590. The molecule has 4 heterocycles. The summed E-state index contributed by atoms with van der Waals surface area (Å²) in [6.45, 7) is 6.52. The fraction of sp³-hybridized carbons (Fsp3) is 0.438. The summed E-state index contributed by atoms with van der Waals surface area (Å²) in [7, 11) is 0. The van der Waals surface area contributed by atoms with Gasteiger partial charge < -0.3 is 9.88 Å². The van der Waals surface area contributed by atoms with Gasteiger partial charge >= 0.3 is 5.69 Å². The molecule has 0 atom stereocenters. The number of aryl methyl sites for hydroxylation is 1. The van der Waals surface area contributed by atoms with Gasteiger partial charge in [-0.3, -0.25) is 13.9 Å². The Morgan fingerprint density at radius 1 is 0.923 bits per heavy atom. The fourth-order valence-corrected chi connectivity index (χ4v) is 6.90. The molecule has 6 rings (SSSR count). The van der Waals surface area contributed by atoms with Crippen LogP contribution in [-0.2, 0) is 19.5 Å². The van der Waals surface area contributed by atoms with Gasteiger partial charge in [0.25, 0.3) is 5.56 Å². The van der Waals surface area contributed by atoms with E-state index in [1.807, 2.05) is 28.8 Å². The average Bonchev–Trinajstić information content (AvgIpc) is 3.29. The van der Waals surface area contributed by atoms with Crippen molar-refractivity contribution >= 4 is 22.5 Å². The van der Waals surface area contributed by atoms with Gasteiger partial charge in [0.1, 0.15) is 0 Å². The minimum Gasteiger partial charge on any atom is -0.358 e. The van der Waals surface area contributed by atoms with Crippen LogP contribution in [0.15, 0.2) is 58.1 Å². The first kappa shape index (κ1) is 26.1. The quantitative estimate of drug-likeness (QED) is 0.285. The van der Waals surface area contributed by atoms with E-state index in [9.17, 15) is 9.59 Å². The Morgan fingerprint density at radius 3 is 2.46 bits per heavy atom. The van der Waals surface area contributed by atoms with Crippen molar-refractivity contribution in [3.8, 4) is 11.1 Å². The third-order valence-electron chi connectivity index (χ3n) is 8.76. The number of para-hydroxylation sites is 1. The van der Waals surface area contributed by atoms with E-state index in [2.05, 4.69) is 41.1 Å². The minimum atomic E-state index is -0.162. The second kappa shape index (κ2) is 11.2. The van der Waals surface area contributed by atoms with Crippen LogP contribution in [0.25, 0.3) is 22.0 Å². The second-order valence-corrected chi connectivity index (χ2v) is 11.6. The summed E-state index contributed by atoms with van der Waals surface area (Å²) < 4.78 is 3.32. The van der Waals surface area contributed by atoms with E-state index < -0.39 is 0 Å². The van der Waals surface area contributed by atoms with Gasteiger partial charge in [-0.05, 0) is 107 Å². The van der Waals surface area contributed by atoms with Gasteiger partial charge in [0.05, 0.1) is 5.56 Å². The van der Waals surface area contributed by atoms with Crippen molar-refractivity contribution in [2.24, 2.45) is 0 Å². The van der Waals surface area contributed by atoms with E-state index in [-0.39, 0.29) is 11.2 Å². The molecule has 2 aromatic carbocycles. The van der Waals surface area contributed by atoms with Crippen molar-refractivity contribution < 1.29 is 0 Å². The highest BCUT2D eigenvalue weighted by Gasteiger charge is 2.25. The van der Waals surface area contributed by atoms with Crippen LogP contribution in [0.3, 0.4) is 0 Å². The highest BCUT2D eigenvalue weighted by molar-refractivity contribution is 6.30. The molecular formula is C32H37ClN4O2. The van der Waals surface area contributed by atoms with Gasteiger partial charge in [-0.1, -0.05) is 41.9 Å². The summed E-state index contributed by atoms with van der Waals surface area (Å²) >= 11 is 6.11. The highest BCUT2D eigenvalue weighted by atomic mass is 35.5. The van der Waals surface area contributed by atoms with E-state index in [0.717, 1.165) is 63.0 Å². The number of aromatic amines is 1. The van der Waals surface area contributed by atoms with Gasteiger partial charge in [0.15, 0.2) is 0 Å². The van der Waals surface area contributed by atoms with Crippen LogP contribution < -0.4 is 11.2 Å². The zero-order valence-electron chi connectivity index (χ0n) is 22.7. The van der Waals surface area contributed by atoms with Crippen LogP contribution in [0.1, 0.15) is 61.4 Å². The minimum absolute atomic E-state index is 0.151. The Kier molecular flexibility index (Phi) is 7.50. The van der Waals surface area contributed by atoms with Gasteiger partial charge in [-0.2, -0.15) is 0 Å². The van der Waals surface area contributed by atoms with Gasteiger partial charge in [0.2, 0.25) is 0 Å². The zero-order valence-corrected chi connectivity index (χ0v) is 23.5. The summed E-state index contributed by atoms with van der Waals surface area (Å²) in [6.07, 6.45) is 6.85. The van der Waals surface area contributed by atoms with Crippen molar-refractivity contribution in [2.45, 2.75) is 70.9 Å². The summed E-state index contributed by atoms with van der Waals surface area (Å²) in [5, 5.41) is 2.01. The van der Waals surface area contributed by atoms with Crippen molar-refractivity contribution in [1.82, 2.24) is 19.0 Å². The van der Waals surface area contributed by atoms with E-state index in [1.54, 1.807) is 0 Å². The predicted molar refractivity (Wildman–Crippen MR) is 159 cm³/mol. The Balaban J connectivity index is 1.10. The Labute approximate surface area is 234 Å². The lowest BCUT2D eigenvalue weighted by atomic mass is 9.87. The van der Waals surface area contributed by atoms with E-state index in [0.29, 0.717) is 29.6 Å². The van der Waals surface area contributed by atoms with Crippen LogP contribution in [0.4, 0.5) is 0 Å². The topological polar surface area (TPSA) is 63.0 Å². The number of piperidine rings is 1. The Morgan fingerprint density at radius 2 is 1.67 bits per heavy atom. The van der Waals surface area contributed by atoms with Crippen LogP contribution in [0.2, 0.25) is 5.02 Å². The monoisotopic (exact) mass is 544 g/mol. The number of fused-ring (bicyclic) bond motifs is 2. The number of nitrogens with zero attached hydrogens (tertiary/aromatic N) is 3. The molecule has 0 aliphatic carbocycles. The first-order valence-corrected chi connectivity index (χ1v) is 14.8. The molecule has 39 heavy (non-hydrogen) atoms. The van der Waals surface area contributed by atoms with Crippen molar-refractivity contribution in [1.29, 1.82) is 0 Å². The molecule has 0 spiro atoms. The van der Waals surface area contributed by atoms with Gasteiger partial charge in [-0.25, -0.2) is 4.79 Å². The standard InChI is InChI=1S/C32H37ClN4O2/c1-22-29(26-8-2-3-9-27(26)34-22)24-15-20-35(21-16-24)17-6-7-19-37-31(38)30(23-11-13-25(33)14-12-23)28-10-4-5-18-36(28)32(37)39/h2-3,8-9,11-14,24,34H,4-7,10,15-21H2,1H3. The first-order valence-electron chi connectivity index (χ1n) is 14.4. The van der Waals surface area contributed by atoms with Gasteiger partial charge in [-0.15, -0.1) is 0 Å². The predicted octanol–water partition coefficient (Wildman–Crippen LogP) is 6.12. The summed E-state index contributed by atoms with van der Waals surface area (Å²) in [6, 6.07) is 16.0. The Hall–Kier alpha value is -3.09. The fourth-order valence-electron chi connectivity index (χ4n) is 6.77. The molecule has 2 aromatic heterocycles. The van der Waals surface area contributed by atoms with E-state index >= 15 is 0 Å². The third-order valence-corrected chi connectivity index (χ3v) is 9.01. The lowest BCUT2D eigenvalue weighted by molar-refractivity contribution is 0.207. The number of nitrogens with one attached hydrogen (secondary N) is 1. The number of aromatic nitrogens is 3. The lowest BCUT2D eigenvalue weighted by Gasteiger charge is -2.32. The van der Waals surface area contributed by atoms with Crippen LogP contribution in [0.5, 0.6) is 0 Å². The van der Waals surface area contributed by atoms with Crippen molar-refractivity contribution in [3.63, 3.8) is 0 Å². The smallest absolute Gasteiger partial charge is 0.331 e. The number of hydrogen-bond donors (Lipinski definition) is 1. The summed E-state index contributed by atoms with van der Waals surface area (Å²) in [4.78, 5) is 33.1. The molecule has 4 aromatic rings. The van der Waals surface area contributed by atoms with E-state index in [1.165, 1.54) is 39.6 Å². The number of halogens is 1.